The molecule has 1 saturated heterocycles. The molecule has 0 saturated carbocycles. The molecule has 0 aromatic heterocycles. The first-order valence-corrected chi connectivity index (χ1v) is 8.94. The van der Waals surface area contributed by atoms with Crippen molar-refractivity contribution >= 4 is 16.0 Å². The Kier molecular flexibility index (Phi) is 5.74. The summed E-state index contributed by atoms with van der Waals surface area (Å²) in [6, 6.07) is 2.69. The number of carboxylic acids is 1. The monoisotopic (exact) mass is 342 g/mol. The van der Waals surface area contributed by atoms with Crippen LogP contribution in [0, 0.1) is 13.8 Å². The highest BCUT2D eigenvalue weighted by molar-refractivity contribution is 7.89. The van der Waals surface area contributed by atoms with Crippen molar-refractivity contribution in [3.05, 3.63) is 28.8 Å². The van der Waals surface area contributed by atoms with Gasteiger partial charge in [0.2, 0.25) is 10.0 Å². The zero-order chi connectivity index (χ0) is 17.0. The smallest absolute Gasteiger partial charge is 0.335 e. The molecule has 2 N–H and O–H groups in total. The molecule has 0 amide bonds. The minimum atomic E-state index is -3.74. The summed E-state index contributed by atoms with van der Waals surface area (Å²) in [6.45, 7) is 7.14. The third-order valence-electron chi connectivity index (χ3n) is 3.98. The molecule has 1 heterocycles. The van der Waals surface area contributed by atoms with Crippen molar-refractivity contribution < 1.29 is 23.1 Å². The minimum Gasteiger partial charge on any atom is -0.478 e. The van der Waals surface area contributed by atoms with Gasteiger partial charge in [0.1, 0.15) is 0 Å². The molecule has 2 rings (SSSR count). The van der Waals surface area contributed by atoms with Gasteiger partial charge in [0.15, 0.2) is 0 Å². The summed E-state index contributed by atoms with van der Waals surface area (Å²) in [5, 5.41) is 9.10. The summed E-state index contributed by atoms with van der Waals surface area (Å²) in [7, 11) is -3.74. The largest absolute Gasteiger partial charge is 0.478 e. The van der Waals surface area contributed by atoms with Crippen LogP contribution in [0.1, 0.15) is 21.5 Å². The average Bonchev–Trinajstić information content (AvgIpc) is 2.50. The summed E-state index contributed by atoms with van der Waals surface area (Å²) in [5.74, 6) is -1.14. The molecule has 1 fully saturated rings. The Balaban J connectivity index is 2.10. The maximum Gasteiger partial charge on any atom is 0.335 e. The maximum atomic E-state index is 12.5. The number of hydrogen-bond acceptors (Lipinski definition) is 5. The number of benzene rings is 1. The van der Waals surface area contributed by atoms with E-state index >= 15 is 0 Å². The van der Waals surface area contributed by atoms with Crippen LogP contribution in [0.3, 0.4) is 0 Å². The molecule has 128 valence electrons. The summed E-state index contributed by atoms with van der Waals surface area (Å²) in [4.78, 5) is 13.3. The number of aryl methyl sites for hydroxylation is 1. The Hall–Kier alpha value is -1.48. The van der Waals surface area contributed by atoms with E-state index in [1.807, 2.05) is 0 Å². The quantitative estimate of drug-likeness (QED) is 0.786. The van der Waals surface area contributed by atoms with Gasteiger partial charge < -0.3 is 9.84 Å². The van der Waals surface area contributed by atoms with Gasteiger partial charge in [0.25, 0.3) is 0 Å². The zero-order valence-electron chi connectivity index (χ0n) is 13.3. The van der Waals surface area contributed by atoms with E-state index in [9.17, 15) is 13.2 Å². The van der Waals surface area contributed by atoms with Crippen LogP contribution in [0.4, 0.5) is 0 Å². The van der Waals surface area contributed by atoms with Gasteiger partial charge in [-0.05, 0) is 37.1 Å². The molecule has 1 aromatic carbocycles. The van der Waals surface area contributed by atoms with E-state index in [4.69, 9.17) is 9.84 Å². The Morgan fingerprint density at radius 2 is 1.96 bits per heavy atom. The van der Waals surface area contributed by atoms with Crippen molar-refractivity contribution in [3.8, 4) is 0 Å². The molecule has 23 heavy (non-hydrogen) atoms. The van der Waals surface area contributed by atoms with Gasteiger partial charge in [0, 0.05) is 26.2 Å². The summed E-state index contributed by atoms with van der Waals surface area (Å²) >= 11 is 0. The first-order valence-electron chi connectivity index (χ1n) is 7.45. The summed E-state index contributed by atoms with van der Waals surface area (Å²) < 4.78 is 32.7. The molecule has 0 aliphatic carbocycles. The number of aromatic carboxylic acids is 1. The van der Waals surface area contributed by atoms with Crippen molar-refractivity contribution in [3.63, 3.8) is 0 Å². The molecule has 0 atom stereocenters. The van der Waals surface area contributed by atoms with Crippen LogP contribution in [0.25, 0.3) is 0 Å². The van der Waals surface area contributed by atoms with Crippen molar-refractivity contribution in [1.29, 1.82) is 0 Å². The van der Waals surface area contributed by atoms with E-state index in [2.05, 4.69) is 9.62 Å². The first kappa shape index (κ1) is 17.9. The van der Waals surface area contributed by atoms with Crippen LogP contribution in [-0.2, 0) is 14.8 Å². The fraction of sp³-hybridized carbons (Fsp3) is 0.533. The number of carboxylic acid groups (broad SMARTS) is 1. The van der Waals surface area contributed by atoms with Crippen molar-refractivity contribution in [2.75, 3.05) is 39.4 Å². The fourth-order valence-corrected chi connectivity index (χ4v) is 3.83. The molecular formula is C15H22N2O5S. The predicted molar refractivity (Wildman–Crippen MR) is 85.3 cm³/mol. The number of hydrogen-bond donors (Lipinski definition) is 2. The lowest BCUT2D eigenvalue weighted by Gasteiger charge is -2.26. The van der Waals surface area contributed by atoms with Crippen LogP contribution in [0.2, 0.25) is 0 Å². The Bertz CT molecular complexity index is 681. The number of rotatable bonds is 6. The number of nitrogens with one attached hydrogen (secondary N) is 1. The van der Waals surface area contributed by atoms with Gasteiger partial charge in [-0.3, -0.25) is 4.90 Å². The molecule has 1 aromatic rings. The lowest BCUT2D eigenvalue weighted by Crippen LogP contribution is -2.41. The van der Waals surface area contributed by atoms with Gasteiger partial charge in [-0.2, -0.15) is 0 Å². The first-order chi connectivity index (χ1) is 10.8. The van der Waals surface area contributed by atoms with Crippen molar-refractivity contribution in [2.24, 2.45) is 0 Å². The van der Waals surface area contributed by atoms with Crippen LogP contribution >= 0.6 is 0 Å². The van der Waals surface area contributed by atoms with Crippen LogP contribution in [0.5, 0.6) is 0 Å². The van der Waals surface area contributed by atoms with Gasteiger partial charge in [-0.25, -0.2) is 17.9 Å². The van der Waals surface area contributed by atoms with Gasteiger partial charge in [0.05, 0.1) is 23.7 Å². The lowest BCUT2D eigenvalue weighted by atomic mass is 10.1. The highest BCUT2D eigenvalue weighted by atomic mass is 32.2. The standard InChI is InChI=1S/C15H22N2O5S/c1-11-9-13(15(18)19)10-14(12(11)2)23(20,21)16-3-4-17-5-7-22-8-6-17/h9-10,16H,3-8H2,1-2H3,(H,18,19). The van der Waals surface area contributed by atoms with Crippen LogP contribution in [0.15, 0.2) is 17.0 Å². The highest BCUT2D eigenvalue weighted by Crippen LogP contribution is 2.21. The second-order valence-electron chi connectivity index (χ2n) is 5.57. The molecule has 1 aliphatic rings. The Morgan fingerprint density at radius 3 is 2.57 bits per heavy atom. The number of sulfonamides is 1. The molecule has 8 heteroatoms. The third-order valence-corrected chi connectivity index (χ3v) is 5.57. The third kappa shape index (κ3) is 4.51. The second-order valence-corrected chi connectivity index (χ2v) is 7.31. The minimum absolute atomic E-state index is 0.0249. The normalized spacial score (nSPS) is 16.4. The summed E-state index contributed by atoms with van der Waals surface area (Å²) in [6.07, 6.45) is 0. The molecule has 1 aliphatic heterocycles. The number of ether oxygens (including phenoxy) is 1. The zero-order valence-corrected chi connectivity index (χ0v) is 14.1. The summed E-state index contributed by atoms with van der Waals surface area (Å²) in [5.41, 5.74) is 1.17. The van der Waals surface area contributed by atoms with Crippen LogP contribution < -0.4 is 4.72 Å². The van der Waals surface area contributed by atoms with Crippen molar-refractivity contribution in [2.45, 2.75) is 18.7 Å². The Labute approximate surface area is 136 Å². The average molecular weight is 342 g/mol. The molecule has 7 nitrogen and oxygen atoms in total. The van der Waals surface area contributed by atoms with E-state index in [1.54, 1.807) is 13.8 Å². The van der Waals surface area contributed by atoms with E-state index in [1.165, 1.54) is 12.1 Å². The number of nitrogens with zero attached hydrogens (tertiary/aromatic N) is 1. The maximum absolute atomic E-state index is 12.5. The topological polar surface area (TPSA) is 95.9 Å². The van der Waals surface area contributed by atoms with E-state index < -0.39 is 16.0 Å². The fourth-order valence-electron chi connectivity index (χ4n) is 2.47. The van der Waals surface area contributed by atoms with Gasteiger partial charge in [-0.1, -0.05) is 0 Å². The number of morpholine rings is 1. The van der Waals surface area contributed by atoms with E-state index in [-0.39, 0.29) is 17.0 Å². The van der Waals surface area contributed by atoms with Gasteiger partial charge in [-0.15, -0.1) is 0 Å². The lowest BCUT2D eigenvalue weighted by molar-refractivity contribution is 0.0390. The Morgan fingerprint density at radius 1 is 1.30 bits per heavy atom. The number of carbonyl (C=O) groups is 1. The molecule has 0 bridgehead atoms. The van der Waals surface area contributed by atoms with E-state index in [0.717, 1.165) is 13.1 Å². The second kappa shape index (κ2) is 7.39. The van der Waals surface area contributed by atoms with E-state index in [0.29, 0.717) is 30.9 Å². The van der Waals surface area contributed by atoms with Crippen LogP contribution in [-0.4, -0.2) is 63.8 Å². The molecular weight excluding hydrogens is 320 g/mol. The highest BCUT2D eigenvalue weighted by Gasteiger charge is 2.21. The molecule has 0 spiro atoms. The van der Waals surface area contributed by atoms with Crippen molar-refractivity contribution in [1.82, 2.24) is 9.62 Å². The molecule has 0 unspecified atom stereocenters. The molecule has 0 radical (unpaired) electrons. The SMILES string of the molecule is Cc1cc(C(=O)O)cc(S(=O)(=O)NCCN2CCOCC2)c1C. The van der Waals surface area contributed by atoms with Gasteiger partial charge >= 0.3 is 5.97 Å². The predicted octanol–water partition coefficient (Wildman–Crippen LogP) is 0.612.